The number of rotatable bonds is 5. The first kappa shape index (κ1) is 19.6. The van der Waals surface area contributed by atoms with Crippen LogP contribution in [0.1, 0.15) is 31.4 Å². The van der Waals surface area contributed by atoms with Crippen molar-refractivity contribution in [2.24, 2.45) is 0 Å². The summed E-state index contributed by atoms with van der Waals surface area (Å²) in [6, 6.07) is 12.4. The van der Waals surface area contributed by atoms with Crippen molar-refractivity contribution in [1.82, 2.24) is 14.5 Å². The third-order valence-corrected chi connectivity index (χ3v) is 5.19. The maximum atomic E-state index is 13.3. The lowest BCUT2D eigenvalue weighted by atomic mass is 10.1. The summed E-state index contributed by atoms with van der Waals surface area (Å²) in [5.74, 6) is -0.257. The summed E-state index contributed by atoms with van der Waals surface area (Å²) in [5, 5.41) is 3.28. The molecule has 1 heterocycles. The number of carbonyl (C=O) groups is 1. The first-order chi connectivity index (χ1) is 13.3. The Morgan fingerprint density at radius 2 is 1.79 bits per heavy atom. The Kier molecular flexibility index (Phi) is 5.49. The van der Waals surface area contributed by atoms with Crippen molar-refractivity contribution < 1.29 is 4.79 Å². The third kappa shape index (κ3) is 3.50. The first-order valence-electron chi connectivity index (χ1n) is 9.45. The van der Waals surface area contributed by atoms with E-state index in [4.69, 9.17) is 0 Å². The van der Waals surface area contributed by atoms with Gasteiger partial charge in [-0.2, -0.15) is 0 Å². The molecule has 6 nitrogen and oxygen atoms in total. The molecule has 0 unspecified atom stereocenters. The van der Waals surface area contributed by atoms with Gasteiger partial charge in [0.25, 0.3) is 5.56 Å². The predicted molar refractivity (Wildman–Crippen MR) is 111 cm³/mol. The van der Waals surface area contributed by atoms with Crippen molar-refractivity contribution in [2.75, 3.05) is 0 Å². The number of nitrogens with zero attached hydrogens (tertiary/aromatic N) is 2. The lowest BCUT2D eigenvalue weighted by molar-refractivity contribution is -0.122. The number of fused-ring (bicyclic) bond motifs is 1. The molecule has 1 aromatic heterocycles. The van der Waals surface area contributed by atoms with Gasteiger partial charge in [0.15, 0.2) is 0 Å². The lowest BCUT2D eigenvalue weighted by Crippen LogP contribution is -2.43. The highest BCUT2D eigenvalue weighted by Gasteiger charge is 2.18. The number of aryl methyl sites for hydroxylation is 1. The number of benzene rings is 2. The van der Waals surface area contributed by atoms with Gasteiger partial charge in [-0.3, -0.25) is 14.2 Å². The summed E-state index contributed by atoms with van der Waals surface area (Å²) >= 11 is 0. The number of amides is 1. The van der Waals surface area contributed by atoms with E-state index in [2.05, 4.69) is 5.32 Å². The Morgan fingerprint density at radius 1 is 1.07 bits per heavy atom. The van der Waals surface area contributed by atoms with E-state index in [1.807, 2.05) is 39.8 Å². The molecule has 0 saturated heterocycles. The van der Waals surface area contributed by atoms with Crippen LogP contribution < -0.4 is 16.6 Å². The van der Waals surface area contributed by atoms with Crippen molar-refractivity contribution in [2.45, 2.75) is 46.7 Å². The smallest absolute Gasteiger partial charge is 0.336 e. The van der Waals surface area contributed by atoms with Crippen LogP contribution >= 0.6 is 0 Å². The molecule has 1 amide bonds. The van der Waals surface area contributed by atoms with E-state index < -0.39 is 5.69 Å². The second-order valence-corrected chi connectivity index (χ2v) is 7.12. The van der Waals surface area contributed by atoms with E-state index >= 15 is 0 Å². The maximum absolute atomic E-state index is 13.3. The van der Waals surface area contributed by atoms with Crippen LogP contribution in [0.5, 0.6) is 0 Å². The molecule has 0 aliphatic heterocycles. The molecule has 3 rings (SSSR count). The molecule has 0 fully saturated rings. The van der Waals surface area contributed by atoms with E-state index in [9.17, 15) is 14.4 Å². The highest BCUT2D eigenvalue weighted by Crippen LogP contribution is 2.16. The van der Waals surface area contributed by atoms with Gasteiger partial charge >= 0.3 is 5.69 Å². The van der Waals surface area contributed by atoms with Gasteiger partial charge in [-0.15, -0.1) is 0 Å². The van der Waals surface area contributed by atoms with Gasteiger partial charge in [-0.25, -0.2) is 9.36 Å². The van der Waals surface area contributed by atoms with Gasteiger partial charge in [0.05, 0.1) is 16.6 Å². The zero-order chi connectivity index (χ0) is 20.4. The molecule has 0 radical (unpaired) electrons. The SMILES string of the molecule is CC[C@H](C)NC(=O)Cn1c(=O)n(-c2cccc(C)c2C)c(=O)c2ccccc21. The lowest BCUT2D eigenvalue weighted by Gasteiger charge is -2.17. The second kappa shape index (κ2) is 7.84. The van der Waals surface area contributed by atoms with Gasteiger partial charge in [-0.1, -0.05) is 31.2 Å². The van der Waals surface area contributed by atoms with Crippen LogP contribution in [-0.4, -0.2) is 21.1 Å². The van der Waals surface area contributed by atoms with E-state index in [1.165, 1.54) is 9.13 Å². The predicted octanol–water partition coefficient (Wildman–Crippen LogP) is 2.68. The number of hydrogen-bond acceptors (Lipinski definition) is 3. The van der Waals surface area contributed by atoms with Gasteiger partial charge < -0.3 is 5.32 Å². The Morgan fingerprint density at radius 3 is 2.50 bits per heavy atom. The molecule has 2 aromatic carbocycles. The number of para-hydroxylation sites is 1. The molecule has 28 heavy (non-hydrogen) atoms. The van der Waals surface area contributed by atoms with Gasteiger partial charge in [-0.05, 0) is 56.5 Å². The average Bonchev–Trinajstić information content (AvgIpc) is 2.68. The highest BCUT2D eigenvalue weighted by atomic mass is 16.2. The van der Waals surface area contributed by atoms with Crippen LogP contribution in [0.15, 0.2) is 52.1 Å². The first-order valence-corrected chi connectivity index (χ1v) is 9.45. The summed E-state index contributed by atoms with van der Waals surface area (Å²) in [5.41, 5.74) is 1.94. The van der Waals surface area contributed by atoms with Crippen molar-refractivity contribution in [3.05, 3.63) is 74.4 Å². The summed E-state index contributed by atoms with van der Waals surface area (Å²) < 4.78 is 2.54. The number of nitrogens with one attached hydrogen (secondary N) is 1. The largest absolute Gasteiger partial charge is 0.352 e. The summed E-state index contributed by atoms with van der Waals surface area (Å²) in [6.45, 7) is 7.56. The van der Waals surface area contributed by atoms with Crippen molar-refractivity contribution >= 4 is 16.8 Å². The second-order valence-electron chi connectivity index (χ2n) is 7.12. The quantitative estimate of drug-likeness (QED) is 0.741. The summed E-state index contributed by atoms with van der Waals surface area (Å²) in [7, 11) is 0. The average molecular weight is 379 g/mol. The molecule has 0 bridgehead atoms. The molecule has 0 aliphatic carbocycles. The zero-order valence-electron chi connectivity index (χ0n) is 16.7. The molecular formula is C22H25N3O3. The molecule has 1 N–H and O–H groups in total. The van der Waals surface area contributed by atoms with Crippen LogP contribution in [0.2, 0.25) is 0 Å². The molecule has 0 spiro atoms. The van der Waals surface area contributed by atoms with E-state index in [-0.39, 0.29) is 24.1 Å². The Balaban J connectivity index is 2.27. The number of carbonyl (C=O) groups excluding carboxylic acids is 1. The Bertz CT molecular complexity index is 1160. The number of hydrogen-bond donors (Lipinski definition) is 1. The van der Waals surface area contributed by atoms with Crippen LogP contribution in [0, 0.1) is 13.8 Å². The van der Waals surface area contributed by atoms with Crippen molar-refractivity contribution in [3.63, 3.8) is 0 Å². The fourth-order valence-corrected chi connectivity index (χ4v) is 3.23. The molecule has 0 saturated carbocycles. The molecule has 1 atom stereocenters. The van der Waals surface area contributed by atoms with E-state index in [1.54, 1.807) is 30.3 Å². The van der Waals surface area contributed by atoms with Gasteiger partial charge in [0.2, 0.25) is 5.91 Å². The minimum absolute atomic E-state index is 0.0133. The molecule has 3 aromatic rings. The molecular weight excluding hydrogens is 354 g/mol. The van der Waals surface area contributed by atoms with Crippen LogP contribution in [0.25, 0.3) is 16.6 Å². The van der Waals surface area contributed by atoms with Gasteiger partial charge in [0.1, 0.15) is 6.54 Å². The van der Waals surface area contributed by atoms with Crippen molar-refractivity contribution in [1.29, 1.82) is 0 Å². The van der Waals surface area contributed by atoms with E-state index in [0.29, 0.717) is 16.6 Å². The van der Waals surface area contributed by atoms with Crippen LogP contribution in [0.4, 0.5) is 0 Å². The Hall–Kier alpha value is -3.15. The van der Waals surface area contributed by atoms with Gasteiger partial charge in [0, 0.05) is 6.04 Å². The topological polar surface area (TPSA) is 73.1 Å². The summed E-state index contributed by atoms with van der Waals surface area (Å²) in [6.07, 6.45) is 0.795. The molecule has 0 aliphatic rings. The fourth-order valence-electron chi connectivity index (χ4n) is 3.23. The maximum Gasteiger partial charge on any atom is 0.336 e. The zero-order valence-corrected chi connectivity index (χ0v) is 16.7. The highest BCUT2D eigenvalue weighted by molar-refractivity contribution is 5.82. The minimum atomic E-state index is -0.517. The third-order valence-electron chi connectivity index (χ3n) is 5.19. The van der Waals surface area contributed by atoms with Crippen LogP contribution in [0.3, 0.4) is 0 Å². The number of aromatic nitrogens is 2. The molecule has 6 heteroatoms. The van der Waals surface area contributed by atoms with Crippen molar-refractivity contribution in [3.8, 4) is 5.69 Å². The molecule has 146 valence electrons. The Labute approximate surface area is 163 Å². The standard InChI is InChI=1S/C22H25N3O3/c1-5-15(3)23-20(26)13-24-19-11-7-6-10-17(19)21(27)25(22(24)28)18-12-8-9-14(2)16(18)4/h6-12,15H,5,13H2,1-4H3,(H,23,26)/t15-/m0/s1. The minimum Gasteiger partial charge on any atom is -0.352 e. The monoisotopic (exact) mass is 379 g/mol. The normalized spacial score (nSPS) is 12.1. The fraction of sp³-hybridized carbons (Fsp3) is 0.318. The summed E-state index contributed by atoms with van der Waals surface area (Å²) in [4.78, 5) is 38.9. The van der Waals surface area contributed by atoms with E-state index in [0.717, 1.165) is 17.5 Å². The van der Waals surface area contributed by atoms with Crippen LogP contribution in [-0.2, 0) is 11.3 Å².